The van der Waals surface area contributed by atoms with Crippen LogP contribution in [0.1, 0.15) is 6.92 Å². The zero-order valence-corrected chi connectivity index (χ0v) is 13.6. The number of hydrogen-bond acceptors (Lipinski definition) is 5. The van der Waals surface area contributed by atoms with Gasteiger partial charge in [0.25, 0.3) is 0 Å². The maximum absolute atomic E-state index is 12.2. The third-order valence-corrected chi connectivity index (χ3v) is 4.86. The maximum atomic E-state index is 12.2. The third-order valence-electron chi connectivity index (χ3n) is 3.93. The number of benzene rings is 1. The van der Waals surface area contributed by atoms with Gasteiger partial charge in [-0.1, -0.05) is 18.3 Å². The minimum Gasteiger partial charge on any atom is -0.484 e. The molecule has 130 valence electrons. The van der Waals surface area contributed by atoms with Gasteiger partial charge in [0.2, 0.25) is 5.91 Å². The van der Waals surface area contributed by atoms with Crippen LogP contribution >= 0.6 is 11.3 Å². The summed E-state index contributed by atoms with van der Waals surface area (Å²) in [6.07, 6.45) is -4.38. The van der Waals surface area contributed by atoms with E-state index in [4.69, 9.17) is 4.74 Å². The lowest BCUT2D eigenvalue weighted by molar-refractivity contribution is -0.153. The van der Waals surface area contributed by atoms with Crippen molar-refractivity contribution < 1.29 is 22.7 Å². The molecule has 1 aromatic heterocycles. The van der Waals surface area contributed by atoms with Gasteiger partial charge in [-0.3, -0.25) is 4.79 Å². The number of carbonyl (C=O) groups is 1. The van der Waals surface area contributed by atoms with E-state index in [1.807, 2.05) is 6.92 Å². The molecule has 1 fully saturated rings. The predicted octanol–water partition coefficient (Wildman–Crippen LogP) is 3.03. The van der Waals surface area contributed by atoms with Gasteiger partial charge in [0.1, 0.15) is 5.75 Å². The topological polar surface area (TPSA) is 63.2 Å². The van der Waals surface area contributed by atoms with Gasteiger partial charge in [-0.25, -0.2) is 4.98 Å². The van der Waals surface area contributed by atoms with Crippen molar-refractivity contribution in [2.24, 2.45) is 11.8 Å². The second kappa shape index (κ2) is 6.56. The van der Waals surface area contributed by atoms with Crippen LogP contribution < -0.4 is 15.4 Å². The molecule has 1 saturated heterocycles. The molecule has 1 amide bonds. The Bertz CT molecular complexity index is 743. The van der Waals surface area contributed by atoms with Crippen molar-refractivity contribution in [2.75, 3.05) is 25.0 Å². The second-order valence-electron chi connectivity index (χ2n) is 5.75. The van der Waals surface area contributed by atoms with Gasteiger partial charge in [0.15, 0.2) is 11.7 Å². The SMILES string of the molecule is CC(C(=O)Nc1nc2ccc(OCC(F)(F)F)cc2s1)C1CNC1. The lowest BCUT2D eigenvalue weighted by Crippen LogP contribution is -2.48. The molecular weight excluding hydrogens is 343 g/mol. The molecule has 0 bridgehead atoms. The number of fused-ring (bicyclic) bond motifs is 1. The van der Waals surface area contributed by atoms with Crippen molar-refractivity contribution in [1.29, 1.82) is 0 Å². The minimum atomic E-state index is -4.38. The Labute approximate surface area is 140 Å². The van der Waals surface area contributed by atoms with Crippen molar-refractivity contribution >= 4 is 32.6 Å². The number of amides is 1. The number of halogens is 3. The Kier molecular flexibility index (Phi) is 4.64. The molecule has 0 saturated carbocycles. The molecule has 1 atom stereocenters. The second-order valence-corrected chi connectivity index (χ2v) is 6.78. The molecule has 0 spiro atoms. The zero-order chi connectivity index (χ0) is 17.3. The highest BCUT2D eigenvalue weighted by molar-refractivity contribution is 7.22. The highest BCUT2D eigenvalue weighted by atomic mass is 32.1. The molecule has 1 unspecified atom stereocenters. The molecule has 2 N–H and O–H groups in total. The number of carbonyl (C=O) groups excluding carboxylic acids is 1. The summed E-state index contributed by atoms with van der Waals surface area (Å²) in [6.45, 7) is 2.19. The van der Waals surface area contributed by atoms with Crippen LogP contribution in [-0.2, 0) is 4.79 Å². The Morgan fingerprint density at radius 1 is 1.50 bits per heavy atom. The summed E-state index contributed by atoms with van der Waals surface area (Å²) in [6, 6.07) is 4.50. The quantitative estimate of drug-likeness (QED) is 0.861. The van der Waals surface area contributed by atoms with Crippen molar-refractivity contribution in [3.8, 4) is 5.75 Å². The van der Waals surface area contributed by atoms with Crippen LogP contribution in [0.4, 0.5) is 18.3 Å². The highest BCUT2D eigenvalue weighted by Gasteiger charge is 2.29. The Morgan fingerprint density at radius 2 is 2.25 bits per heavy atom. The van der Waals surface area contributed by atoms with E-state index in [9.17, 15) is 18.0 Å². The molecule has 5 nitrogen and oxygen atoms in total. The average molecular weight is 359 g/mol. The summed E-state index contributed by atoms with van der Waals surface area (Å²) in [4.78, 5) is 16.5. The fourth-order valence-electron chi connectivity index (χ4n) is 2.31. The smallest absolute Gasteiger partial charge is 0.422 e. The van der Waals surface area contributed by atoms with E-state index in [-0.39, 0.29) is 17.6 Å². The molecule has 1 aliphatic heterocycles. The van der Waals surface area contributed by atoms with Crippen LogP contribution in [0.3, 0.4) is 0 Å². The van der Waals surface area contributed by atoms with Gasteiger partial charge in [-0.15, -0.1) is 0 Å². The summed E-state index contributed by atoms with van der Waals surface area (Å²) in [5.74, 6) is 0.218. The molecule has 1 aliphatic rings. The van der Waals surface area contributed by atoms with Crippen molar-refractivity contribution in [3.05, 3.63) is 18.2 Å². The van der Waals surface area contributed by atoms with Crippen molar-refractivity contribution in [1.82, 2.24) is 10.3 Å². The van der Waals surface area contributed by atoms with E-state index in [1.165, 1.54) is 23.5 Å². The first-order chi connectivity index (χ1) is 11.3. The fourth-order valence-corrected chi connectivity index (χ4v) is 3.21. The van der Waals surface area contributed by atoms with E-state index >= 15 is 0 Å². The summed E-state index contributed by atoms with van der Waals surface area (Å²) >= 11 is 1.21. The summed E-state index contributed by atoms with van der Waals surface area (Å²) in [5.41, 5.74) is 0.604. The van der Waals surface area contributed by atoms with Crippen molar-refractivity contribution in [2.45, 2.75) is 13.1 Å². The summed E-state index contributed by atoms with van der Waals surface area (Å²) < 4.78 is 41.9. The number of thiazole rings is 1. The van der Waals surface area contributed by atoms with Gasteiger partial charge in [-0.2, -0.15) is 13.2 Å². The molecule has 0 radical (unpaired) electrons. The Morgan fingerprint density at radius 3 is 2.88 bits per heavy atom. The number of nitrogens with zero attached hydrogens (tertiary/aromatic N) is 1. The van der Waals surface area contributed by atoms with Crippen LogP contribution in [0.2, 0.25) is 0 Å². The Balaban J connectivity index is 1.68. The molecule has 9 heteroatoms. The van der Waals surface area contributed by atoms with Crippen LogP contribution in [0, 0.1) is 11.8 Å². The number of aromatic nitrogens is 1. The zero-order valence-electron chi connectivity index (χ0n) is 12.8. The van der Waals surface area contributed by atoms with E-state index in [0.29, 0.717) is 21.3 Å². The van der Waals surface area contributed by atoms with Crippen LogP contribution in [-0.4, -0.2) is 36.8 Å². The molecule has 24 heavy (non-hydrogen) atoms. The number of rotatable bonds is 5. The third kappa shape index (κ3) is 3.96. The van der Waals surface area contributed by atoms with Gasteiger partial charge >= 0.3 is 6.18 Å². The number of hydrogen-bond donors (Lipinski definition) is 2. The molecule has 0 aliphatic carbocycles. The van der Waals surface area contributed by atoms with Crippen LogP contribution in [0.15, 0.2) is 18.2 Å². The van der Waals surface area contributed by atoms with E-state index in [0.717, 1.165) is 13.1 Å². The average Bonchev–Trinajstić information content (AvgIpc) is 2.83. The van der Waals surface area contributed by atoms with Gasteiger partial charge < -0.3 is 15.4 Å². The minimum absolute atomic E-state index is 0.103. The Hall–Kier alpha value is -1.87. The molecule has 2 heterocycles. The summed E-state index contributed by atoms with van der Waals surface area (Å²) in [5, 5.41) is 6.33. The molecule has 1 aromatic carbocycles. The fraction of sp³-hybridized carbons (Fsp3) is 0.467. The largest absolute Gasteiger partial charge is 0.484 e. The van der Waals surface area contributed by atoms with E-state index in [1.54, 1.807) is 6.07 Å². The van der Waals surface area contributed by atoms with E-state index < -0.39 is 12.8 Å². The molecular formula is C15H16F3N3O2S. The lowest BCUT2D eigenvalue weighted by atomic mass is 9.88. The molecule has 3 rings (SSSR count). The predicted molar refractivity (Wildman–Crippen MR) is 85.3 cm³/mol. The van der Waals surface area contributed by atoms with Gasteiger partial charge in [-0.05, 0) is 37.2 Å². The number of anilines is 1. The number of alkyl halides is 3. The number of nitrogens with one attached hydrogen (secondary N) is 2. The van der Waals surface area contributed by atoms with Crippen LogP contribution in [0.25, 0.3) is 10.2 Å². The lowest BCUT2D eigenvalue weighted by Gasteiger charge is -2.31. The first kappa shape index (κ1) is 17.0. The van der Waals surface area contributed by atoms with Crippen LogP contribution in [0.5, 0.6) is 5.75 Å². The number of ether oxygens (including phenoxy) is 1. The standard InChI is InChI=1S/C15H16F3N3O2S/c1-8(9-5-19-6-9)13(22)21-14-20-11-3-2-10(4-12(11)24-14)23-7-15(16,17)18/h2-4,8-9,19H,5-7H2,1H3,(H,20,21,22). The monoisotopic (exact) mass is 359 g/mol. The highest BCUT2D eigenvalue weighted by Crippen LogP contribution is 2.30. The van der Waals surface area contributed by atoms with Gasteiger partial charge in [0.05, 0.1) is 10.2 Å². The van der Waals surface area contributed by atoms with Gasteiger partial charge in [0, 0.05) is 5.92 Å². The first-order valence-electron chi connectivity index (χ1n) is 7.43. The first-order valence-corrected chi connectivity index (χ1v) is 8.25. The van der Waals surface area contributed by atoms with E-state index in [2.05, 4.69) is 15.6 Å². The normalized spacial score (nSPS) is 16.7. The maximum Gasteiger partial charge on any atom is 0.422 e. The molecule has 2 aromatic rings. The summed E-state index contributed by atoms with van der Waals surface area (Å²) in [7, 11) is 0. The van der Waals surface area contributed by atoms with Crippen molar-refractivity contribution in [3.63, 3.8) is 0 Å².